The van der Waals surface area contributed by atoms with Gasteiger partial charge in [-0.05, 0) is 63.9 Å². The summed E-state index contributed by atoms with van der Waals surface area (Å²) in [6, 6.07) is 4.41. The highest BCUT2D eigenvalue weighted by molar-refractivity contribution is 7.13. The largest absolute Gasteiger partial charge is 0.342 e. The molecule has 9 nitrogen and oxygen atoms in total. The first-order chi connectivity index (χ1) is 18.8. The van der Waals surface area contributed by atoms with Crippen LogP contribution < -0.4 is 16.0 Å². The van der Waals surface area contributed by atoms with Crippen molar-refractivity contribution in [3.63, 3.8) is 0 Å². The molecule has 11 heteroatoms. The lowest BCUT2D eigenvalue weighted by molar-refractivity contribution is -0.140. The van der Waals surface area contributed by atoms with E-state index in [4.69, 9.17) is 4.98 Å². The molecule has 2 aliphatic rings. The Morgan fingerprint density at radius 3 is 2.35 bits per heavy atom. The van der Waals surface area contributed by atoms with Crippen LogP contribution in [0.15, 0.2) is 29.6 Å². The quantitative estimate of drug-likeness (QED) is 0.470. The molecule has 0 spiro atoms. The van der Waals surface area contributed by atoms with Crippen LogP contribution in [0.5, 0.6) is 0 Å². The van der Waals surface area contributed by atoms with Crippen molar-refractivity contribution in [1.82, 2.24) is 30.7 Å². The van der Waals surface area contributed by atoms with Gasteiger partial charge in [-0.25, -0.2) is 14.2 Å². The summed E-state index contributed by atoms with van der Waals surface area (Å²) < 4.78 is 13.5. The molecule has 0 bridgehead atoms. The molecule has 0 radical (unpaired) electrons. The fourth-order valence-electron chi connectivity index (χ4n) is 5.56. The molecule has 5 unspecified atom stereocenters. The van der Waals surface area contributed by atoms with E-state index in [-0.39, 0.29) is 47.7 Å². The van der Waals surface area contributed by atoms with Crippen LogP contribution in [0, 0.1) is 11.2 Å². The van der Waals surface area contributed by atoms with Crippen LogP contribution in [-0.4, -0.2) is 83.0 Å². The molecule has 3 N–H and O–H groups in total. The SMILES string of the molecule is CNC(C)C(=O)NC(C(=O)N1CCC2C1C(c1csc(-c3ccc(F)cc3)n1)CN2C(=O)NC(C)C)C(C)(C)C. The Hall–Kier alpha value is -3.05. The highest BCUT2D eigenvalue weighted by Gasteiger charge is 2.54. The molecule has 2 aliphatic heterocycles. The predicted molar refractivity (Wildman–Crippen MR) is 154 cm³/mol. The summed E-state index contributed by atoms with van der Waals surface area (Å²) in [4.78, 5) is 48.9. The van der Waals surface area contributed by atoms with Crippen LogP contribution in [0.25, 0.3) is 10.6 Å². The average molecular weight is 573 g/mol. The molecule has 2 aromatic rings. The standard InChI is InChI=1S/C29H41FN6O3S/c1-16(2)32-28(39)36-14-20(21-15-40-26(33-21)18-8-10-19(30)11-9-18)23-22(36)12-13-35(23)27(38)24(29(4,5)6)34-25(37)17(3)31-7/h8-11,15-17,20,22-24,31H,12-14H2,1-7H3,(H,32,39)(H,34,37). The van der Waals surface area contributed by atoms with Crippen molar-refractivity contribution in [3.05, 3.63) is 41.2 Å². The van der Waals surface area contributed by atoms with Gasteiger partial charge in [0.15, 0.2) is 0 Å². The topological polar surface area (TPSA) is 107 Å². The fraction of sp³-hybridized carbons (Fsp3) is 0.586. The molecule has 218 valence electrons. The van der Waals surface area contributed by atoms with Crippen molar-refractivity contribution in [2.75, 3.05) is 20.1 Å². The van der Waals surface area contributed by atoms with Crippen LogP contribution in [-0.2, 0) is 9.59 Å². The molecule has 1 aromatic heterocycles. The molecule has 40 heavy (non-hydrogen) atoms. The third-order valence-electron chi connectivity index (χ3n) is 7.80. The summed E-state index contributed by atoms with van der Waals surface area (Å²) in [5.41, 5.74) is 1.09. The lowest BCUT2D eigenvalue weighted by Crippen LogP contribution is -2.59. The minimum atomic E-state index is -0.737. The van der Waals surface area contributed by atoms with Gasteiger partial charge in [0.2, 0.25) is 11.8 Å². The highest BCUT2D eigenvalue weighted by atomic mass is 32.1. The first-order valence-corrected chi connectivity index (χ1v) is 14.8. The zero-order valence-electron chi connectivity index (χ0n) is 24.3. The second kappa shape index (κ2) is 11.8. The summed E-state index contributed by atoms with van der Waals surface area (Å²) in [5.74, 6) is -0.902. The number of benzene rings is 1. The predicted octanol–water partition coefficient (Wildman–Crippen LogP) is 3.57. The maximum atomic E-state index is 14.2. The number of likely N-dealkylation sites (tertiary alicyclic amines) is 2. The Morgan fingerprint density at radius 1 is 1.07 bits per heavy atom. The molecular formula is C29H41FN6O3S. The van der Waals surface area contributed by atoms with E-state index in [1.54, 1.807) is 26.1 Å². The third kappa shape index (κ3) is 6.15. The summed E-state index contributed by atoms with van der Waals surface area (Å²) in [6.07, 6.45) is 0.644. The van der Waals surface area contributed by atoms with E-state index in [0.717, 1.165) is 16.3 Å². The van der Waals surface area contributed by atoms with E-state index in [2.05, 4.69) is 16.0 Å². The second-order valence-corrected chi connectivity index (χ2v) is 13.0. The van der Waals surface area contributed by atoms with E-state index < -0.39 is 17.5 Å². The maximum absolute atomic E-state index is 14.2. The smallest absolute Gasteiger partial charge is 0.317 e. The van der Waals surface area contributed by atoms with Gasteiger partial charge in [-0.15, -0.1) is 11.3 Å². The number of fused-ring (bicyclic) bond motifs is 1. The monoisotopic (exact) mass is 572 g/mol. The molecule has 2 saturated heterocycles. The van der Waals surface area contributed by atoms with Crippen LogP contribution in [0.1, 0.15) is 59.6 Å². The minimum absolute atomic E-state index is 0.0249. The number of carbonyl (C=O) groups is 3. The first kappa shape index (κ1) is 29.9. The van der Waals surface area contributed by atoms with Crippen molar-refractivity contribution in [2.45, 2.75) is 84.1 Å². The van der Waals surface area contributed by atoms with Gasteiger partial charge >= 0.3 is 6.03 Å². The van der Waals surface area contributed by atoms with Crippen LogP contribution in [0.2, 0.25) is 0 Å². The highest BCUT2D eigenvalue weighted by Crippen LogP contribution is 2.43. The number of halogens is 1. The van der Waals surface area contributed by atoms with E-state index in [1.165, 1.54) is 23.5 Å². The zero-order chi connectivity index (χ0) is 29.4. The summed E-state index contributed by atoms with van der Waals surface area (Å²) in [6.45, 7) is 12.3. The Morgan fingerprint density at radius 2 is 1.75 bits per heavy atom. The first-order valence-electron chi connectivity index (χ1n) is 13.9. The number of nitrogens with zero attached hydrogens (tertiary/aromatic N) is 3. The van der Waals surface area contributed by atoms with Crippen molar-refractivity contribution in [2.24, 2.45) is 5.41 Å². The number of thiazole rings is 1. The van der Waals surface area contributed by atoms with E-state index in [0.29, 0.717) is 19.5 Å². The van der Waals surface area contributed by atoms with Gasteiger partial charge < -0.3 is 25.8 Å². The van der Waals surface area contributed by atoms with Crippen molar-refractivity contribution in [3.8, 4) is 10.6 Å². The number of aromatic nitrogens is 1. The summed E-state index contributed by atoms with van der Waals surface area (Å²) in [7, 11) is 1.71. The molecule has 5 atom stereocenters. The van der Waals surface area contributed by atoms with Crippen molar-refractivity contribution < 1.29 is 18.8 Å². The number of hydrogen-bond acceptors (Lipinski definition) is 6. The Kier molecular flexibility index (Phi) is 8.84. The molecular weight excluding hydrogens is 531 g/mol. The number of amides is 4. The summed E-state index contributed by atoms with van der Waals surface area (Å²) in [5, 5.41) is 11.7. The zero-order valence-corrected chi connectivity index (χ0v) is 25.1. The average Bonchev–Trinajstić information content (AvgIpc) is 3.61. The number of nitrogens with one attached hydrogen (secondary N) is 3. The van der Waals surface area contributed by atoms with Gasteiger partial charge in [-0.2, -0.15) is 0 Å². The number of urea groups is 1. The van der Waals surface area contributed by atoms with E-state index in [1.807, 2.05) is 49.8 Å². The van der Waals surface area contributed by atoms with E-state index in [9.17, 15) is 18.8 Å². The Bertz CT molecular complexity index is 1230. The third-order valence-corrected chi connectivity index (χ3v) is 8.71. The van der Waals surface area contributed by atoms with Crippen LogP contribution >= 0.6 is 11.3 Å². The van der Waals surface area contributed by atoms with Gasteiger partial charge in [0, 0.05) is 36.0 Å². The molecule has 1 aromatic carbocycles. The maximum Gasteiger partial charge on any atom is 0.317 e. The number of carbonyl (C=O) groups excluding carboxylic acids is 3. The van der Waals surface area contributed by atoms with Gasteiger partial charge in [-0.1, -0.05) is 20.8 Å². The molecule has 3 heterocycles. The van der Waals surface area contributed by atoms with Crippen molar-refractivity contribution in [1.29, 1.82) is 0 Å². The lowest BCUT2D eigenvalue weighted by atomic mass is 9.85. The van der Waals surface area contributed by atoms with Crippen LogP contribution in [0.4, 0.5) is 9.18 Å². The van der Waals surface area contributed by atoms with Gasteiger partial charge in [0.05, 0.1) is 23.8 Å². The normalized spacial score (nSPS) is 22.3. The van der Waals surface area contributed by atoms with Crippen LogP contribution in [0.3, 0.4) is 0 Å². The number of likely N-dealkylation sites (N-methyl/N-ethyl adjacent to an activating group) is 1. The molecule has 0 saturated carbocycles. The fourth-order valence-corrected chi connectivity index (χ4v) is 6.45. The second-order valence-electron chi connectivity index (χ2n) is 12.1. The molecule has 4 rings (SSSR count). The number of hydrogen-bond donors (Lipinski definition) is 3. The van der Waals surface area contributed by atoms with Gasteiger partial charge in [-0.3, -0.25) is 9.59 Å². The lowest BCUT2D eigenvalue weighted by Gasteiger charge is -2.37. The van der Waals surface area contributed by atoms with Gasteiger partial charge in [0.1, 0.15) is 16.9 Å². The molecule has 2 fully saturated rings. The van der Waals surface area contributed by atoms with Crippen molar-refractivity contribution >= 4 is 29.2 Å². The number of rotatable bonds is 7. The minimum Gasteiger partial charge on any atom is -0.342 e. The molecule has 0 aliphatic carbocycles. The Labute approximate surface area is 239 Å². The van der Waals surface area contributed by atoms with E-state index >= 15 is 0 Å². The molecule has 4 amide bonds. The summed E-state index contributed by atoms with van der Waals surface area (Å²) >= 11 is 1.46. The Balaban J connectivity index is 1.67. The van der Waals surface area contributed by atoms with Gasteiger partial charge in [0.25, 0.3) is 0 Å².